The second-order valence-electron chi connectivity index (χ2n) is 11.4. The summed E-state index contributed by atoms with van der Waals surface area (Å²) in [5.41, 5.74) is 4.81. The van der Waals surface area contributed by atoms with Gasteiger partial charge in [-0.15, -0.1) is 0 Å². The Balaban J connectivity index is 1.13. The highest BCUT2D eigenvalue weighted by Gasteiger charge is 2.39. The molecule has 1 N–H and O–H groups in total. The van der Waals surface area contributed by atoms with Crippen molar-refractivity contribution < 1.29 is 13.2 Å². The molecule has 0 aliphatic carbocycles. The third-order valence-corrected chi connectivity index (χ3v) is 10.9. The second-order valence-corrected chi connectivity index (χ2v) is 14.0. The molecule has 45 heavy (non-hydrogen) atoms. The van der Waals surface area contributed by atoms with Gasteiger partial charge in [0.05, 0.1) is 33.9 Å². The van der Waals surface area contributed by atoms with Gasteiger partial charge in [-0.1, -0.05) is 71.7 Å². The van der Waals surface area contributed by atoms with Crippen molar-refractivity contribution in [2.45, 2.75) is 24.6 Å². The van der Waals surface area contributed by atoms with Gasteiger partial charge >= 0.3 is 0 Å². The smallest absolute Gasteiger partial charge is 0.239 e. The molecule has 1 aromatic heterocycles. The van der Waals surface area contributed by atoms with Crippen molar-refractivity contribution in [2.24, 2.45) is 0 Å². The molecule has 0 radical (unpaired) electrons. The van der Waals surface area contributed by atoms with Gasteiger partial charge in [0, 0.05) is 56.4 Å². The topological polar surface area (TPSA) is 85.8 Å². The summed E-state index contributed by atoms with van der Waals surface area (Å²) >= 11 is 12.3. The Hall–Kier alpha value is -3.63. The van der Waals surface area contributed by atoms with Crippen LogP contribution in [0.25, 0.3) is 11.1 Å². The molecular weight excluding hydrogens is 629 g/mol. The van der Waals surface area contributed by atoms with Crippen LogP contribution in [-0.4, -0.2) is 63.5 Å². The molecule has 0 saturated carbocycles. The van der Waals surface area contributed by atoms with Crippen LogP contribution in [0.3, 0.4) is 0 Å². The Kier molecular flexibility index (Phi) is 9.61. The molecule has 0 bridgehead atoms. The number of rotatable bonds is 10. The fourth-order valence-electron chi connectivity index (χ4n) is 6.23. The second kappa shape index (κ2) is 13.8. The molecule has 2 aliphatic heterocycles. The van der Waals surface area contributed by atoms with E-state index in [4.69, 9.17) is 23.2 Å². The maximum atomic E-state index is 14.2. The van der Waals surface area contributed by atoms with Gasteiger partial charge in [-0.2, -0.15) is 0 Å². The number of fused-ring (bicyclic) bond motifs is 3. The monoisotopic (exact) mass is 663 g/mol. The standard InChI is InChI=1S/C34H35Cl2N5O3S/c35-30-11-10-25(22-31(30)36)24-45(43,44)41-32-9-4-3-7-28(32)27-6-1-2-8-29(27)33(41)23-34(42)38-14-5-17-39-18-20-40(21-19-39)26-12-15-37-16-13-26/h1-4,6-13,15-16,22,33H,5,14,17-21,23-24H2,(H,38,42). The summed E-state index contributed by atoms with van der Waals surface area (Å²) < 4.78 is 29.8. The number of carbonyl (C=O) groups excluding carboxylic acids is 1. The van der Waals surface area contributed by atoms with Gasteiger partial charge in [0.1, 0.15) is 0 Å². The summed E-state index contributed by atoms with van der Waals surface area (Å²) in [7, 11) is -3.94. The molecule has 1 fully saturated rings. The minimum absolute atomic E-state index is 0.00341. The number of anilines is 2. The number of carbonyl (C=O) groups is 1. The van der Waals surface area contributed by atoms with E-state index in [0.717, 1.165) is 55.8 Å². The summed E-state index contributed by atoms with van der Waals surface area (Å²) in [6.45, 7) is 5.22. The van der Waals surface area contributed by atoms with Crippen LogP contribution in [0.1, 0.15) is 30.0 Å². The number of pyridine rings is 1. The number of nitrogens with zero attached hydrogens (tertiary/aromatic N) is 4. The molecule has 6 rings (SSSR count). The molecule has 8 nitrogen and oxygen atoms in total. The van der Waals surface area contributed by atoms with Gasteiger partial charge in [-0.3, -0.25) is 19.0 Å². The summed E-state index contributed by atoms with van der Waals surface area (Å²) in [5, 5.41) is 3.71. The lowest BCUT2D eigenvalue weighted by Crippen LogP contribution is -2.47. The van der Waals surface area contributed by atoms with Gasteiger partial charge in [0.25, 0.3) is 0 Å². The van der Waals surface area contributed by atoms with Gasteiger partial charge in [-0.25, -0.2) is 8.42 Å². The van der Waals surface area contributed by atoms with Gasteiger partial charge in [0.2, 0.25) is 15.9 Å². The highest BCUT2D eigenvalue weighted by Crippen LogP contribution is 2.47. The zero-order chi connectivity index (χ0) is 31.4. The van der Waals surface area contributed by atoms with E-state index in [1.807, 2.05) is 67.0 Å². The molecular formula is C34H35Cl2N5O3S. The first-order valence-electron chi connectivity index (χ1n) is 15.1. The van der Waals surface area contributed by atoms with Gasteiger partial charge < -0.3 is 10.2 Å². The number of sulfonamides is 1. The Morgan fingerprint density at radius 3 is 2.33 bits per heavy atom. The number of aromatic nitrogens is 1. The van der Waals surface area contributed by atoms with Crippen molar-refractivity contribution in [1.82, 2.24) is 15.2 Å². The highest BCUT2D eigenvalue weighted by molar-refractivity contribution is 7.92. The lowest BCUT2D eigenvalue weighted by molar-refractivity contribution is -0.121. The van der Waals surface area contributed by atoms with E-state index in [-0.39, 0.29) is 18.1 Å². The van der Waals surface area contributed by atoms with Crippen LogP contribution >= 0.6 is 23.2 Å². The van der Waals surface area contributed by atoms with E-state index in [1.165, 1.54) is 9.99 Å². The van der Waals surface area contributed by atoms with Crippen LogP contribution in [0, 0.1) is 0 Å². The predicted octanol–water partition coefficient (Wildman–Crippen LogP) is 6.17. The molecule has 2 aliphatic rings. The Morgan fingerprint density at radius 2 is 1.58 bits per heavy atom. The minimum Gasteiger partial charge on any atom is -0.369 e. The number of hydrogen-bond donors (Lipinski definition) is 1. The number of benzene rings is 3. The number of hydrogen-bond acceptors (Lipinski definition) is 6. The third kappa shape index (κ3) is 7.12. The van der Waals surface area contributed by atoms with Crippen molar-refractivity contribution in [2.75, 3.05) is 48.5 Å². The van der Waals surface area contributed by atoms with Crippen LogP contribution in [0.5, 0.6) is 0 Å². The van der Waals surface area contributed by atoms with Crippen molar-refractivity contribution in [3.05, 3.63) is 112 Å². The van der Waals surface area contributed by atoms with E-state index < -0.39 is 16.1 Å². The summed E-state index contributed by atoms with van der Waals surface area (Å²) in [6, 6.07) is 23.4. The fourth-order valence-corrected chi connectivity index (χ4v) is 8.32. The molecule has 1 amide bonds. The largest absolute Gasteiger partial charge is 0.369 e. The van der Waals surface area contributed by atoms with Crippen LogP contribution in [0.4, 0.5) is 11.4 Å². The Labute approximate surface area is 274 Å². The lowest BCUT2D eigenvalue weighted by Gasteiger charge is -2.39. The van der Waals surface area contributed by atoms with E-state index in [9.17, 15) is 13.2 Å². The number of para-hydroxylation sites is 1. The summed E-state index contributed by atoms with van der Waals surface area (Å²) in [5.74, 6) is -0.473. The molecule has 234 valence electrons. The first-order valence-corrected chi connectivity index (χ1v) is 17.4. The number of nitrogens with one attached hydrogen (secondary N) is 1. The Morgan fingerprint density at radius 1 is 0.867 bits per heavy atom. The van der Waals surface area contributed by atoms with E-state index >= 15 is 0 Å². The molecule has 11 heteroatoms. The van der Waals surface area contributed by atoms with Crippen molar-refractivity contribution >= 4 is 50.5 Å². The fraction of sp³-hybridized carbons (Fsp3) is 0.294. The van der Waals surface area contributed by atoms with Crippen LogP contribution in [-0.2, 0) is 20.6 Å². The quantitative estimate of drug-likeness (QED) is 0.205. The maximum absolute atomic E-state index is 14.2. The average Bonchev–Trinajstić information content (AvgIpc) is 3.05. The number of halogens is 2. The van der Waals surface area contributed by atoms with Crippen LogP contribution < -0.4 is 14.5 Å². The first-order chi connectivity index (χ1) is 21.8. The zero-order valence-electron chi connectivity index (χ0n) is 24.8. The van der Waals surface area contributed by atoms with Crippen LogP contribution in [0.2, 0.25) is 10.0 Å². The molecule has 1 saturated heterocycles. The number of piperazine rings is 1. The SMILES string of the molecule is O=C(CC1c2ccccc2-c2ccccc2N1S(=O)(=O)Cc1ccc(Cl)c(Cl)c1)NCCCN1CCN(c2ccncc2)CC1. The summed E-state index contributed by atoms with van der Waals surface area (Å²) in [6.07, 6.45) is 4.44. The Bertz CT molecular complexity index is 1760. The van der Waals surface area contributed by atoms with Gasteiger partial charge in [0.15, 0.2) is 0 Å². The molecule has 3 heterocycles. The maximum Gasteiger partial charge on any atom is 0.239 e. The number of amides is 1. The zero-order valence-corrected chi connectivity index (χ0v) is 27.1. The molecule has 4 aromatic rings. The normalized spacial score (nSPS) is 16.6. The predicted molar refractivity (Wildman–Crippen MR) is 181 cm³/mol. The minimum atomic E-state index is -3.94. The molecule has 1 atom stereocenters. The molecule has 3 aromatic carbocycles. The van der Waals surface area contributed by atoms with Crippen molar-refractivity contribution in [3.63, 3.8) is 0 Å². The van der Waals surface area contributed by atoms with E-state index in [0.29, 0.717) is 27.8 Å². The average molecular weight is 665 g/mol. The van der Waals surface area contributed by atoms with Gasteiger partial charge in [-0.05, 0) is 60.0 Å². The lowest BCUT2D eigenvalue weighted by atomic mass is 9.88. The van der Waals surface area contributed by atoms with E-state index in [2.05, 4.69) is 20.1 Å². The van der Waals surface area contributed by atoms with Crippen molar-refractivity contribution in [3.8, 4) is 11.1 Å². The van der Waals surface area contributed by atoms with Crippen molar-refractivity contribution in [1.29, 1.82) is 0 Å². The van der Waals surface area contributed by atoms with E-state index in [1.54, 1.807) is 24.3 Å². The molecule has 0 spiro atoms. The summed E-state index contributed by atoms with van der Waals surface area (Å²) in [4.78, 5) is 22.3. The molecule has 1 unspecified atom stereocenters. The first kappa shape index (κ1) is 31.4. The van der Waals surface area contributed by atoms with Crippen LogP contribution in [0.15, 0.2) is 91.3 Å². The third-order valence-electron chi connectivity index (χ3n) is 8.42. The highest BCUT2D eigenvalue weighted by atomic mass is 35.5.